The monoisotopic (exact) mass is 203 g/mol. The van der Waals surface area contributed by atoms with Crippen molar-refractivity contribution in [3.05, 3.63) is 36.0 Å². The molecular formula is C12H13NO2. The first-order chi connectivity index (χ1) is 7.09. The summed E-state index contributed by atoms with van der Waals surface area (Å²) in [6.07, 6.45) is 1.97. The van der Waals surface area contributed by atoms with E-state index >= 15 is 0 Å². The molecule has 0 fully saturated rings. The Kier molecular flexibility index (Phi) is 2.23. The molecule has 3 nitrogen and oxygen atoms in total. The number of aryl methyl sites for hydroxylation is 1. The molecule has 0 bridgehead atoms. The fraction of sp³-hybridized carbons (Fsp3) is 0.250. The molecule has 0 amide bonds. The largest absolute Gasteiger partial charge is 0.481 e. The highest BCUT2D eigenvalue weighted by Crippen LogP contribution is 2.22. The summed E-state index contributed by atoms with van der Waals surface area (Å²) in [5.74, 6) is -1.24. The van der Waals surface area contributed by atoms with Gasteiger partial charge < -0.3 is 9.67 Å². The highest BCUT2D eigenvalue weighted by Gasteiger charge is 2.14. The van der Waals surface area contributed by atoms with Gasteiger partial charge in [-0.3, -0.25) is 4.79 Å². The third-order valence-electron chi connectivity index (χ3n) is 2.78. The number of carboxylic acids is 1. The first-order valence-electron chi connectivity index (χ1n) is 4.87. The quantitative estimate of drug-likeness (QED) is 0.814. The zero-order valence-corrected chi connectivity index (χ0v) is 8.77. The molecule has 1 aromatic carbocycles. The number of carboxylic acid groups (broad SMARTS) is 1. The van der Waals surface area contributed by atoms with Crippen LogP contribution in [0.2, 0.25) is 0 Å². The molecular weight excluding hydrogens is 190 g/mol. The Morgan fingerprint density at radius 3 is 2.80 bits per heavy atom. The minimum atomic E-state index is -0.788. The standard InChI is InChI=1S/C12H13NO2/c1-8(12(14)15)10-4-3-9-5-6-13(2)11(9)7-10/h3-8H,1-2H3,(H,14,15)/t8-/m0/s1. The van der Waals surface area contributed by atoms with Crippen LogP contribution in [-0.2, 0) is 11.8 Å². The van der Waals surface area contributed by atoms with Crippen molar-refractivity contribution in [3.63, 3.8) is 0 Å². The van der Waals surface area contributed by atoms with Crippen molar-refractivity contribution in [2.24, 2.45) is 7.05 Å². The van der Waals surface area contributed by atoms with Crippen molar-refractivity contribution in [1.29, 1.82) is 0 Å². The Balaban J connectivity index is 2.54. The lowest BCUT2D eigenvalue weighted by Crippen LogP contribution is -2.07. The topological polar surface area (TPSA) is 42.2 Å². The van der Waals surface area contributed by atoms with Gasteiger partial charge in [0.05, 0.1) is 5.92 Å². The summed E-state index contributed by atoms with van der Waals surface area (Å²) in [4.78, 5) is 10.9. The predicted octanol–water partition coefficient (Wildman–Crippen LogP) is 2.37. The summed E-state index contributed by atoms with van der Waals surface area (Å²) >= 11 is 0. The van der Waals surface area contributed by atoms with E-state index in [4.69, 9.17) is 5.11 Å². The fourth-order valence-corrected chi connectivity index (χ4v) is 1.69. The predicted molar refractivity (Wildman–Crippen MR) is 59.0 cm³/mol. The van der Waals surface area contributed by atoms with Gasteiger partial charge in [0, 0.05) is 18.8 Å². The SMILES string of the molecule is C[C@H](C(=O)O)c1ccc2ccn(C)c2c1. The molecule has 1 N–H and O–H groups in total. The minimum absolute atomic E-state index is 0.454. The molecule has 1 aromatic heterocycles. The first kappa shape index (κ1) is 9.77. The highest BCUT2D eigenvalue weighted by molar-refractivity contribution is 5.83. The van der Waals surface area contributed by atoms with Gasteiger partial charge in [-0.1, -0.05) is 12.1 Å². The van der Waals surface area contributed by atoms with Crippen LogP contribution in [-0.4, -0.2) is 15.6 Å². The van der Waals surface area contributed by atoms with Crippen molar-refractivity contribution in [3.8, 4) is 0 Å². The molecule has 1 atom stereocenters. The second-order valence-electron chi connectivity index (χ2n) is 3.80. The van der Waals surface area contributed by atoms with Crippen LogP contribution < -0.4 is 0 Å². The molecule has 15 heavy (non-hydrogen) atoms. The molecule has 2 rings (SSSR count). The van der Waals surface area contributed by atoms with Crippen molar-refractivity contribution in [2.75, 3.05) is 0 Å². The maximum atomic E-state index is 10.9. The number of hydrogen-bond acceptors (Lipinski definition) is 1. The molecule has 0 aliphatic carbocycles. The van der Waals surface area contributed by atoms with Crippen LogP contribution in [0.3, 0.4) is 0 Å². The lowest BCUT2D eigenvalue weighted by Gasteiger charge is -2.07. The number of aliphatic carboxylic acids is 1. The van der Waals surface area contributed by atoms with E-state index in [1.807, 2.05) is 42.1 Å². The molecule has 0 radical (unpaired) electrons. The van der Waals surface area contributed by atoms with Crippen molar-refractivity contribution in [2.45, 2.75) is 12.8 Å². The smallest absolute Gasteiger partial charge is 0.310 e. The van der Waals surface area contributed by atoms with Gasteiger partial charge in [-0.25, -0.2) is 0 Å². The molecule has 2 aromatic rings. The van der Waals surface area contributed by atoms with Crippen LogP contribution in [0, 0.1) is 0 Å². The van der Waals surface area contributed by atoms with Crippen LogP contribution >= 0.6 is 0 Å². The molecule has 0 spiro atoms. The highest BCUT2D eigenvalue weighted by atomic mass is 16.4. The number of benzene rings is 1. The second kappa shape index (κ2) is 3.42. The summed E-state index contributed by atoms with van der Waals surface area (Å²) < 4.78 is 1.99. The maximum Gasteiger partial charge on any atom is 0.310 e. The van der Waals surface area contributed by atoms with Crippen LogP contribution in [0.1, 0.15) is 18.4 Å². The average Bonchev–Trinajstić information content (AvgIpc) is 2.59. The van der Waals surface area contributed by atoms with E-state index in [1.54, 1.807) is 6.92 Å². The number of rotatable bonds is 2. The van der Waals surface area contributed by atoms with E-state index in [0.717, 1.165) is 16.5 Å². The van der Waals surface area contributed by atoms with E-state index in [-0.39, 0.29) is 0 Å². The second-order valence-corrected chi connectivity index (χ2v) is 3.80. The summed E-state index contributed by atoms with van der Waals surface area (Å²) in [6, 6.07) is 7.80. The molecule has 0 saturated carbocycles. The Hall–Kier alpha value is -1.77. The lowest BCUT2D eigenvalue weighted by molar-refractivity contribution is -0.138. The first-order valence-corrected chi connectivity index (χ1v) is 4.87. The Morgan fingerprint density at radius 2 is 2.13 bits per heavy atom. The van der Waals surface area contributed by atoms with Crippen molar-refractivity contribution < 1.29 is 9.90 Å². The molecule has 0 aliphatic rings. The van der Waals surface area contributed by atoms with Gasteiger partial charge in [0.25, 0.3) is 0 Å². The summed E-state index contributed by atoms with van der Waals surface area (Å²) in [6.45, 7) is 1.70. The van der Waals surface area contributed by atoms with Crippen LogP contribution in [0.5, 0.6) is 0 Å². The van der Waals surface area contributed by atoms with Gasteiger partial charge in [0.2, 0.25) is 0 Å². The fourth-order valence-electron chi connectivity index (χ4n) is 1.69. The number of fused-ring (bicyclic) bond motifs is 1. The molecule has 0 saturated heterocycles. The van der Waals surface area contributed by atoms with Crippen molar-refractivity contribution >= 4 is 16.9 Å². The van der Waals surface area contributed by atoms with E-state index in [9.17, 15) is 4.79 Å². The molecule has 0 aliphatic heterocycles. The lowest BCUT2D eigenvalue weighted by atomic mass is 10.0. The van der Waals surface area contributed by atoms with E-state index < -0.39 is 11.9 Å². The molecule has 0 unspecified atom stereocenters. The van der Waals surface area contributed by atoms with Gasteiger partial charge in [-0.15, -0.1) is 0 Å². The number of nitrogens with zero attached hydrogens (tertiary/aromatic N) is 1. The van der Waals surface area contributed by atoms with Gasteiger partial charge in [-0.05, 0) is 30.0 Å². The van der Waals surface area contributed by atoms with Crippen molar-refractivity contribution in [1.82, 2.24) is 4.57 Å². The molecule has 78 valence electrons. The summed E-state index contributed by atoms with van der Waals surface area (Å²) in [7, 11) is 1.96. The van der Waals surface area contributed by atoms with Gasteiger partial charge >= 0.3 is 5.97 Å². The normalized spacial score (nSPS) is 12.9. The minimum Gasteiger partial charge on any atom is -0.481 e. The van der Waals surface area contributed by atoms with Gasteiger partial charge in [-0.2, -0.15) is 0 Å². The van der Waals surface area contributed by atoms with E-state index in [2.05, 4.69) is 0 Å². The number of hydrogen-bond donors (Lipinski definition) is 1. The Bertz CT molecular complexity index is 513. The summed E-state index contributed by atoms with van der Waals surface area (Å²) in [5.41, 5.74) is 1.91. The average molecular weight is 203 g/mol. The zero-order chi connectivity index (χ0) is 11.0. The van der Waals surface area contributed by atoms with Gasteiger partial charge in [0.15, 0.2) is 0 Å². The van der Waals surface area contributed by atoms with Crippen LogP contribution in [0.25, 0.3) is 10.9 Å². The third-order valence-corrected chi connectivity index (χ3v) is 2.78. The summed E-state index contributed by atoms with van der Waals surface area (Å²) in [5, 5.41) is 10.1. The Morgan fingerprint density at radius 1 is 1.40 bits per heavy atom. The van der Waals surface area contributed by atoms with Crippen LogP contribution in [0.15, 0.2) is 30.5 Å². The maximum absolute atomic E-state index is 10.9. The van der Waals surface area contributed by atoms with Gasteiger partial charge in [0.1, 0.15) is 0 Å². The molecule has 1 heterocycles. The number of aromatic nitrogens is 1. The van der Waals surface area contributed by atoms with E-state index in [1.165, 1.54) is 0 Å². The molecule has 3 heteroatoms. The zero-order valence-electron chi connectivity index (χ0n) is 8.77. The van der Waals surface area contributed by atoms with E-state index in [0.29, 0.717) is 0 Å². The number of carbonyl (C=O) groups is 1. The van der Waals surface area contributed by atoms with Crippen LogP contribution in [0.4, 0.5) is 0 Å². The third kappa shape index (κ3) is 1.61. The Labute approximate surface area is 87.9 Å².